The van der Waals surface area contributed by atoms with Gasteiger partial charge in [-0.2, -0.15) is 0 Å². The molecule has 1 aromatic rings. The van der Waals surface area contributed by atoms with Gasteiger partial charge in [0.2, 0.25) is 0 Å². The molecule has 1 aliphatic rings. The van der Waals surface area contributed by atoms with Crippen molar-refractivity contribution in [1.82, 2.24) is 5.32 Å². The number of benzene rings is 1. The first-order valence-corrected chi connectivity index (χ1v) is 7.05. The maximum atomic E-state index is 3.70. The van der Waals surface area contributed by atoms with E-state index in [4.69, 9.17) is 0 Å². The van der Waals surface area contributed by atoms with E-state index < -0.39 is 0 Å². The molecule has 0 amide bonds. The van der Waals surface area contributed by atoms with Gasteiger partial charge in [-0.05, 0) is 43.2 Å². The van der Waals surface area contributed by atoms with Crippen molar-refractivity contribution in [2.45, 2.75) is 64.5 Å². The molecule has 0 saturated heterocycles. The van der Waals surface area contributed by atoms with Crippen LogP contribution in [-0.2, 0) is 6.42 Å². The molecule has 1 heteroatoms. The predicted molar refractivity (Wildman–Crippen MR) is 74.5 cm³/mol. The average Bonchev–Trinajstić information content (AvgIpc) is 3.13. The molecule has 1 fully saturated rings. The molecule has 0 bridgehead atoms. The van der Waals surface area contributed by atoms with Crippen molar-refractivity contribution in [1.29, 1.82) is 0 Å². The van der Waals surface area contributed by atoms with E-state index in [9.17, 15) is 0 Å². The fourth-order valence-corrected chi connectivity index (χ4v) is 2.38. The summed E-state index contributed by atoms with van der Waals surface area (Å²) in [6.45, 7) is 6.90. The van der Waals surface area contributed by atoms with Crippen molar-refractivity contribution in [3.63, 3.8) is 0 Å². The molecule has 0 aliphatic heterocycles. The van der Waals surface area contributed by atoms with Gasteiger partial charge in [0.05, 0.1) is 0 Å². The van der Waals surface area contributed by atoms with Crippen molar-refractivity contribution >= 4 is 0 Å². The lowest BCUT2D eigenvalue weighted by atomic mass is 9.92. The summed E-state index contributed by atoms with van der Waals surface area (Å²) in [6.07, 6.45) is 5.17. The normalized spacial score (nSPS) is 19.0. The predicted octanol–water partition coefficient (Wildman–Crippen LogP) is 3.88. The van der Waals surface area contributed by atoms with E-state index in [1.54, 1.807) is 0 Å². The van der Waals surface area contributed by atoms with Crippen LogP contribution in [0.15, 0.2) is 24.3 Å². The number of aryl methyl sites for hydroxylation is 1. The van der Waals surface area contributed by atoms with E-state index in [0.717, 1.165) is 6.04 Å². The number of hydrogen-bond acceptors (Lipinski definition) is 1. The molecule has 1 N–H and O–H groups in total. The maximum Gasteiger partial charge on any atom is 0.0107 e. The van der Waals surface area contributed by atoms with Crippen LogP contribution in [0.4, 0.5) is 0 Å². The Morgan fingerprint density at radius 1 is 1.29 bits per heavy atom. The highest BCUT2D eigenvalue weighted by Gasteiger charge is 2.25. The van der Waals surface area contributed by atoms with Crippen LogP contribution in [0.2, 0.25) is 0 Å². The third-order valence-electron chi connectivity index (χ3n) is 3.84. The Morgan fingerprint density at radius 3 is 2.71 bits per heavy atom. The summed E-state index contributed by atoms with van der Waals surface area (Å²) < 4.78 is 0. The van der Waals surface area contributed by atoms with Crippen molar-refractivity contribution in [2.24, 2.45) is 0 Å². The monoisotopic (exact) mass is 231 g/mol. The molecule has 1 nitrogen and oxygen atoms in total. The van der Waals surface area contributed by atoms with Crippen LogP contribution in [0, 0.1) is 0 Å². The molecular formula is C16H25N. The molecule has 0 spiro atoms. The standard InChI is InChI=1S/C16H25N/c1-4-6-14-7-5-8-15(11-14)12(2)13(3)17-16-9-10-16/h5,7-8,11-13,16-17H,4,6,9-10H2,1-3H3. The van der Waals surface area contributed by atoms with Gasteiger partial charge in [0, 0.05) is 12.1 Å². The average molecular weight is 231 g/mol. The van der Waals surface area contributed by atoms with Crippen molar-refractivity contribution in [3.8, 4) is 0 Å². The van der Waals surface area contributed by atoms with Crippen LogP contribution in [0.5, 0.6) is 0 Å². The summed E-state index contributed by atoms with van der Waals surface area (Å²) in [5.41, 5.74) is 2.96. The van der Waals surface area contributed by atoms with E-state index in [-0.39, 0.29) is 0 Å². The van der Waals surface area contributed by atoms with Gasteiger partial charge >= 0.3 is 0 Å². The lowest BCUT2D eigenvalue weighted by Crippen LogP contribution is -2.32. The Kier molecular flexibility index (Phi) is 4.22. The molecule has 0 aromatic heterocycles. The van der Waals surface area contributed by atoms with Gasteiger partial charge in [-0.15, -0.1) is 0 Å². The summed E-state index contributed by atoms with van der Waals surface area (Å²) in [5, 5.41) is 3.70. The Bertz CT molecular complexity index is 354. The van der Waals surface area contributed by atoms with Crippen molar-refractivity contribution < 1.29 is 0 Å². The number of nitrogens with one attached hydrogen (secondary N) is 1. The van der Waals surface area contributed by atoms with E-state index in [1.807, 2.05) is 0 Å². The smallest absolute Gasteiger partial charge is 0.0107 e. The van der Waals surface area contributed by atoms with Gasteiger partial charge in [-0.3, -0.25) is 0 Å². The van der Waals surface area contributed by atoms with Gasteiger partial charge in [0.25, 0.3) is 0 Å². The van der Waals surface area contributed by atoms with Crippen LogP contribution >= 0.6 is 0 Å². The highest BCUT2D eigenvalue weighted by atomic mass is 15.0. The second-order valence-electron chi connectivity index (χ2n) is 5.51. The summed E-state index contributed by atoms with van der Waals surface area (Å²) in [6, 6.07) is 10.5. The van der Waals surface area contributed by atoms with E-state index in [1.165, 1.54) is 36.8 Å². The summed E-state index contributed by atoms with van der Waals surface area (Å²) in [7, 11) is 0. The molecule has 17 heavy (non-hydrogen) atoms. The Labute approximate surface area is 106 Å². The van der Waals surface area contributed by atoms with Crippen LogP contribution in [-0.4, -0.2) is 12.1 Å². The number of hydrogen-bond donors (Lipinski definition) is 1. The van der Waals surface area contributed by atoms with Gasteiger partial charge in [-0.25, -0.2) is 0 Å². The largest absolute Gasteiger partial charge is 0.311 e. The molecule has 2 atom stereocenters. The molecule has 0 heterocycles. The summed E-state index contributed by atoms with van der Waals surface area (Å²) >= 11 is 0. The minimum absolute atomic E-state index is 0.583. The molecule has 2 rings (SSSR count). The molecule has 1 saturated carbocycles. The third-order valence-corrected chi connectivity index (χ3v) is 3.84. The van der Waals surface area contributed by atoms with Crippen molar-refractivity contribution in [2.75, 3.05) is 0 Å². The van der Waals surface area contributed by atoms with Crippen molar-refractivity contribution in [3.05, 3.63) is 35.4 Å². The highest BCUT2D eigenvalue weighted by Crippen LogP contribution is 2.25. The molecular weight excluding hydrogens is 206 g/mol. The SMILES string of the molecule is CCCc1cccc(C(C)C(C)NC2CC2)c1. The van der Waals surface area contributed by atoms with Gasteiger partial charge < -0.3 is 5.32 Å². The summed E-state index contributed by atoms with van der Waals surface area (Å²) in [5.74, 6) is 0.604. The van der Waals surface area contributed by atoms with E-state index in [0.29, 0.717) is 12.0 Å². The molecule has 94 valence electrons. The Hall–Kier alpha value is -0.820. The Balaban J connectivity index is 2.00. The fraction of sp³-hybridized carbons (Fsp3) is 0.625. The van der Waals surface area contributed by atoms with Crippen LogP contribution in [0.25, 0.3) is 0 Å². The molecule has 0 radical (unpaired) electrons. The second-order valence-corrected chi connectivity index (χ2v) is 5.51. The third kappa shape index (κ3) is 3.57. The number of rotatable bonds is 6. The minimum atomic E-state index is 0.583. The lowest BCUT2D eigenvalue weighted by Gasteiger charge is -2.22. The van der Waals surface area contributed by atoms with Crippen LogP contribution in [0.3, 0.4) is 0 Å². The van der Waals surface area contributed by atoms with Crippen LogP contribution in [0.1, 0.15) is 57.1 Å². The first kappa shape index (κ1) is 12.6. The zero-order valence-electron chi connectivity index (χ0n) is 11.4. The first-order chi connectivity index (χ1) is 8.20. The Morgan fingerprint density at radius 2 is 2.06 bits per heavy atom. The molecule has 1 aliphatic carbocycles. The highest BCUT2D eigenvalue weighted by molar-refractivity contribution is 5.27. The lowest BCUT2D eigenvalue weighted by molar-refractivity contribution is 0.478. The van der Waals surface area contributed by atoms with Crippen LogP contribution < -0.4 is 5.32 Å². The quantitative estimate of drug-likeness (QED) is 0.783. The first-order valence-electron chi connectivity index (χ1n) is 7.05. The summed E-state index contributed by atoms with van der Waals surface area (Å²) in [4.78, 5) is 0. The zero-order chi connectivity index (χ0) is 12.3. The second kappa shape index (κ2) is 5.68. The fourth-order valence-electron chi connectivity index (χ4n) is 2.38. The van der Waals surface area contributed by atoms with E-state index >= 15 is 0 Å². The zero-order valence-corrected chi connectivity index (χ0v) is 11.4. The topological polar surface area (TPSA) is 12.0 Å². The van der Waals surface area contributed by atoms with Gasteiger partial charge in [-0.1, -0.05) is 44.5 Å². The molecule has 1 aromatic carbocycles. The van der Waals surface area contributed by atoms with E-state index in [2.05, 4.69) is 50.4 Å². The van der Waals surface area contributed by atoms with Gasteiger partial charge in [0.1, 0.15) is 0 Å². The molecule has 2 unspecified atom stereocenters. The maximum absolute atomic E-state index is 3.70. The van der Waals surface area contributed by atoms with Gasteiger partial charge in [0.15, 0.2) is 0 Å². The minimum Gasteiger partial charge on any atom is -0.311 e.